The smallest absolute Gasteiger partial charge is 0.179 e. The summed E-state index contributed by atoms with van der Waals surface area (Å²) in [5.41, 5.74) is 1.10. The molecule has 0 spiro atoms. The minimum atomic E-state index is 0.271. The third-order valence-electron chi connectivity index (χ3n) is 4.11. The Hall–Kier alpha value is -1.23. The van der Waals surface area contributed by atoms with Crippen molar-refractivity contribution in [1.29, 1.82) is 0 Å². The van der Waals surface area contributed by atoms with E-state index in [0.29, 0.717) is 16.5 Å². The maximum absolute atomic E-state index is 6.61. The van der Waals surface area contributed by atoms with Crippen molar-refractivity contribution in [2.45, 2.75) is 18.9 Å². The first kappa shape index (κ1) is 17.1. The van der Waals surface area contributed by atoms with Crippen LogP contribution in [-0.2, 0) is 0 Å². The Bertz CT molecular complexity index is 502. The summed E-state index contributed by atoms with van der Waals surface area (Å²) in [6.07, 6.45) is 3.92. The number of piperazine rings is 1. The van der Waals surface area contributed by atoms with Gasteiger partial charge in [-0.05, 0) is 24.5 Å². The molecule has 1 atom stereocenters. The molecule has 0 aromatic heterocycles. The number of hydrogen-bond acceptors (Lipinski definition) is 4. The normalized spacial score (nSPS) is 17.0. The fourth-order valence-corrected chi connectivity index (χ4v) is 3.33. The van der Waals surface area contributed by atoms with Crippen LogP contribution < -0.4 is 14.8 Å². The third kappa shape index (κ3) is 3.75. The summed E-state index contributed by atoms with van der Waals surface area (Å²) in [5.74, 6) is 1.28. The van der Waals surface area contributed by atoms with Crippen LogP contribution >= 0.6 is 11.6 Å². The second-order valence-electron chi connectivity index (χ2n) is 5.37. The molecule has 5 heteroatoms. The number of methoxy groups -OCH3 is 2. The van der Waals surface area contributed by atoms with Crippen molar-refractivity contribution in [2.24, 2.45) is 0 Å². The van der Waals surface area contributed by atoms with Crippen molar-refractivity contribution in [2.75, 3.05) is 40.4 Å². The topological polar surface area (TPSA) is 33.7 Å². The Kier molecular flexibility index (Phi) is 6.55. The summed E-state index contributed by atoms with van der Waals surface area (Å²) in [7, 11) is 3.25. The lowest BCUT2D eigenvalue weighted by molar-refractivity contribution is 0.166. The predicted octanol–water partition coefficient (Wildman–Crippen LogP) is 3.27. The van der Waals surface area contributed by atoms with Gasteiger partial charge in [0.2, 0.25) is 0 Å². The summed E-state index contributed by atoms with van der Waals surface area (Å²) >= 11 is 6.61. The van der Waals surface area contributed by atoms with Crippen molar-refractivity contribution >= 4 is 11.6 Å². The van der Waals surface area contributed by atoms with Crippen LogP contribution in [0.15, 0.2) is 24.8 Å². The van der Waals surface area contributed by atoms with Gasteiger partial charge in [0.25, 0.3) is 0 Å². The van der Waals surface area contributed by atoms with Crippen LogP contribution in [-0.4, -0.2) is 45.3 Å². The first-order valence-electron chi connectivity index (χ1n) is 7.69. The monoisotopic (exact) mass is 324 g/mol. The number of hydrogen-bond donors (Lipinski definition) is 1. The van der Waals surface area contributed by atoms with Crippen LogP contribution in [0.4, 0.5) is 0 Å². The highest BCUT2D eigenvalue weighted by atomic mass is 35.5. The van der Waals surface area contributed by atoms with Gasteiger partial charge in [0.05, 0.1) is 19.2 Å². The third-order valence-corrected chi connectivity index (χ3v) is 4.50. The molecule has 0 saturated carbocycles. The van der Waals surface area contributed by atoms with Crippen LogP contribution in [0.1, 0.15) is 24.4 Å². The highest BCUT2D eigenvalue weighted by molar-refractivity contribution is 6.33. The van der Waals surface area contributed by atoms with Gasteiger partial charge in [-0.3, -0.25) is 4.90 Å². The zero-order chi connectivity index (χ0) is 15.9. The van der Waals surface area contributed by atoms with Crippen molar-refractivity contribution in [1.82, 2.24) is 10.2 Å². The molecule has 2 rings (SSSR count). The predicted molar refractivity (Wildman–Crippen MR) is 91.2 cm³/mol. The Morgan fingerprint density at radius 1 is 1.32 bits per heavy atom. The summed E-state index contributed by atoms with van der Waals surface area (Å²) < 4.78 is 10.8. The van der Waals surface area contributed by atoms with Gasteiger partial charge >= 0.3 is 0 Å². The molecule has 0 bridgehead atoms. The average molecular weight is 325 g/mol. The molecule has 4 nitrogen and oxygen atoms in total. The van der Waals surface area contributed by atoms with Crippen molar-refractivity contribution < 1.29 is 9.47 Å². The van der Waals surface area contributed by atoms with Crippen LogP contribution in [0.3, 0.4) is 0 Å². The fourth-order valence-electron chi connectivity index (χ4n) is 2.97. The van der Waals surface area contributed by atoms with Gasteiger partial charge in [-0.25, -0.2) is 0 Å². The summed E-state index contributed by atoms with van der Waals surface area (Å²) in [6.45, 7) is 7.91. The first-order valence-corrected chi connectivity index (χ1v) is 8.06. The molecule has 0 aliphatic carbocycles. The minimum absolute atomic E-state index is 0.271. The standard InChI is InChI=1S/C17H25ClN2O2/c1-4-5-6-14(20-11-9-19-10-12-20)13-7-8-15(21-2)17(22-3)16(13)18/h4,7-8,14,19H,1,5-6,9-12H2,2-3H3/t14-/m1/s1. The Morgan fingerprint density at radius 2 is 2.05 bits per heavy atom. The van der Waals surface area contributed by atoms with Gasteiger partial charge in [0, 0.05) is 32.2 Å². The molecule has 1 saturated heterocycles. The van der Waals surface area contributed by atoms with Gasteiger partial charge in [0.15, 0.2) is 11.5 Å². The molecule has 1 aromatic carbocycles. The van der Waals surface area contributed by atoms with E-state index in [1.54, 1.807) is 14.2 Å². The SMILES string of the molecule is C=CCC[C@H](c1ccc(OC)c(OC)c1Cl)N1CCNCC1. The highest BCUT2D eigenvalue weighted by Gasteiger charge is 2.26. The lowest BCUT2D eigenvalue weighted by Crippen LogP contribution is -2.45. The number of ether oxygens (including phenoxy) is 2. The number of allylic oxidation sites excluding steroid dienone is 1. The van der Waals surface area contributed by atoms with Gasteiger partial charge in [-0.2, -0.15) is 0 Å². The zero-order valence-corrected chi connectivity index (χ0v) is 14.2. The van der Waals surface area contributed by atoms with E-state index in [1.165, 1.54) is 0 Å². The minimum Gasteiger partial charge on any atom is -0.493 e. The molecule has 1 aliphatic rings. The Balaban J connectivity index is 2.35. The van der Waals surface area contributed by atoms with E-state index >= 15 is 0 Å². The molecule has 1 N–H and O–H groups in total. The summed E-state index contributed by atoms with van der Waals surface area (Å²) in [4.78, 5) is 2.48. The van der Waals surface area contributed by atoms with Crippen molar-refractivity contribution in [3.63, 3.8) is 0 Å². The molecule has 1 aliphatic heterocycles. The zero-order valence-electron chi connectivity index (χ0n) is 13.4. The molecule has 0 unspecified atom stereocenters. The highest BCUT2D eigenvalue weighted by Crippen LogP contribution is 2.42. The summed E-state index contributed by atoms with van der Waals surface area (Å²) in [5, 5.41) is 4.04. The number of halogens is 1. The molecule has 1 heterocycles. The van der Waals surface area contributed by atoms with Crippen LogP contribution in [0.2, 0.25) is 5.02 Å². The maximum atomic E-state index is 6.61. The van der Waals surface area contributed by atoms with E-state index in [0.717, 1.165) is 44.6 Å². The van der Waals surface area contributed by atoms with Gasteiger partial charge < -0.3 is 14.8 Å². The van der Waals surface area contributed by atoms with Crippen molar-refractivity contribution in [3.05, 3.63) is 35.4 Å². The number of benzene rings is 1. The van der Waals surface area contributed by atoms with Gasteiger partial charge in [0.1, 0.15) is 0 Å². The van der Waals surface area contributed by atoms with E-state index in [9.17, 15) is 0 Å². The largest absolute Gasteiger partial charge is 0.493 e. The number of nitrogens with zero attached hydrogens (tertiary/aromatic N) is 1. The number of nitrogens with one attached hydrogen (secondary N) is 1. The second kappa shape index (κ2) is 8.42. The molecule has 1 aromatic rings. The Labute approximate surface area is 138 Å². The van der Waals surface area contributed by atoms with E-state index in [2.05, 4.69) is 22.9 Å². The van der Waals surface area contributed by atoms with Crippen molar-refractivity contribution in [3.8, 4) is 11.5 Å². The van der Waals surface area contributed by atoms with Crippen LogP contribution in [0, 0.1) is 0 Å². The van der Waals surface area contributed by atoms with E-state index in [-0.39, 0.29) is 6.04 Å². The molecule has 0 amide bonds. The lowest BCUT2D eigenvalue weighted by atomic mass is 9.98. The lowest BCUT2D eigenvalue weighted by Gasteiger charge is -2.36. The van der Waals surface area contributed by atoms with E-state index in [4.69, 9.17) is 21.1 Å². The summed E-state index contributed by atoms with van der Waals surface area (Å²) in [6, 6.07) is 4.26. The average Bonchev–Trinajstić information content (AvgIpc) is 2.57. The first-order chi connectivity index (χ1) is 10.7. The van der Waals surface area contributed by atoms with E-state index in [1.807, 2.05) is 12.1 Å². The maximum Gasteiger partial charge on any atom is 0.179 e. The van der Waals surface area contributed by atoms with Crippen LogP contribution in [0.25, 0.3) is 0 Å². The molecule has 1 fully saturated rings. The molecule has 0 radical (unpaired) electrons. The molecule has 122 valence electrons. The molecular formula is C17H25ClN2O2. The quantitative estimate of drug-likeness (QED) is 0.781. The Morgan fingerprint density at radius 3 is 2.64 bits per heavy atom. The van der Waals surface area contributed by atoms with E-state index < -0.39 is 0 Å². The molecule has 22 heavy (non-hydrogen) atoms. The van der Waals surface area contributed by atoms with Gasteiger partial charge in [-0.15, -0.1) is 6.58 Å². The van der Waals surface area contributed by atoms with Crippen LogP contribution in [0.5, 0.6) is 11.5 Å². The molecular weight excluding hydrogens is 300 g/mol. The number of rotatable bonds is 7. The van der Waals surface area contributed by atoms with Gasteiger partial charge in [-0.1, -0.05) is 23.7 Å². The second-order valence-corrected chi connectivity index (χ2v) is 5.75. The fraction of sp³-hybridized carbons (Fsp3) is 0.529.